The van der Waals surface area contributed by atoms with Crippen molar-refractivity contribution in [2.75, 3.05) is 12.4 Å². The molecule has 0 spiro atoms. The van der Waals surface area contributed by atoms with Gasteiger partial charge in [-0.1, -0.05) is 30.3 Å². The fourth-order valence-electron chi connectivity index (χ4n) is 2.35. The molecule has 24 heavy (non-hydrogen) atoms. The Kier molecular flexibility index (Phi) is 4.52. The molecule has 120 valence electrons. The van der Waals surface area contributed by atoms with Gasteiger partial charge in [0, 0.05) is 18.1 Å². The quantitative estimate of drug-likeness (QED) is 0.795. The highest BCUT2D eigenvalue weighted by Crippen LogP contribution is 2.28. The number of anilines is 1. The number of methoxy groups -OCH3 is 1. The zero-order valence-electron chi connectivity index (χ0n) is 13.5. The molecule has 1 aromatic heterocycles. The Morgan fingerprint density at radius 1 is 1.00 bits per heavy atom. The number of carbonyl (C=O) groups is 1. The van der Waals surface area contributed by atoms with Crippen LogP contribution < -0.4 is 10.1 Å². The van der Waals surface area contributed by atoms with Crippen LogP contribution in [0.5, 0.6) is 5.75 Å². The van der Waals surface area contributed by atoms with Crippen LogP contribution in [0, 0.1) is 0 Å². The zero-order valence-corrected chi connectivity index (χ0v) is 13.5. The van der Waals surface area contributed by atoms with Crippen LogP contribution in [0.15, 0.2) is 60.8 Å². The Hall–Kier alpha value is -3.21. The predicted molar refractivity (Wildman–Crippen MR) is 93.8 cm³/mol. The first-order chi connectivity index (χ1) is 11.7. The Labute approximate surface area is 140 Å². The van der Waals surface area contributed by atoms with E-state index in [9.17, 15) is 4.79 Å². The molecule has 1 heterocycles. The Morgan fingerprint density at radius 3 is 2.33 bits per heavy atom. The molecule has 0 aliphatic rings. The highest BCUT2D eigenvalue weighted by molar-refractivity contribution is 5.91. The van der Waals surface area contributed by atoms with E-state index in [0.29, 0.717) is 11.5 Å². The molecule has 5 nitrogen and oxygen atoms in total. The summed E-state index contributed by atoms with van der Waals surface area (Å²) in [6.45, 7) is 1.45. The smallest absolute Gasteiger partial charge is 0.222 e. The van der Waals surface area contributed by atoms with Crippen LogP contribution in [-0.2, 0) is 4.79 Å². The van der Waals surface area contributed by atoms with Crippen LogP contribution in [0.25, 0.3) is 22.5 Å². The number of carbonyl (C=O) groups excluding carboxylic acids is 1. The number of benzene rings is 2. The first-order valence-electron chi connectivity index (χ1n) is 7.52. The van der Waals surface area contributed by atoms with Gasteiger partial charge in [0.05, 0.1) is 19.0 Å². The number of ether oxygens (including phenoxy) is 1. The summed E-state index contributed by atoms with van der Waals surface area (Å²) in [6, 6.07) is 17.3. The van der Waals surface area contributed by atoms with Crippen LogP contribution in [0.1, 0.15) is 6.92 Å². The molecular weight excluding hydrogens is 302 g/mol. The van der Waals surface area contributed by atoms with Crippen molar-refractivity contribution in [2.24, 2.45) is 0 Å². The topological polar surface area (TPSA) is 64.1 Å². The normalized spacial score (nSPS) is 10.2. The van der Waals surface area contributed by atoms with Gasteiger partial charge in [0.1, 0.15) is 11.4 Å². The molecule has 5 heteroatoms. The highest BCUT2D eigenvalue weighted by atomic mass is 16.5. The second kappa shape index (κ2) is 6.91. The molecule has 3 aromatic rings. The minimum absolute atomic E-state index is 0.182. The second-order valence-electron chi connectivity index (χ2n) is 5.23. The first-order valence-corrected chi connectivity index (χ1v) is 7.52. The van der Waals surface area contributed by atoms with Gasteiger partial charge in [-0.15, -0.1) is 0 Å². The third-order valence-electron chi connectivity index (χ3n) is 3.50. The molecule has 0 saturated carbocycles. The van der Waals surface area contributed by atoms with Gasteiger partial charge < -0.3 is 10.1 Å². The number of nitrogens with one attached hydrogen (secondary N) is 1. The van der Waals surface area contributed by atoms with Crippen LogP contribution in [0.4, 0.5) is 5.82 Å². The molecule has 0 saturated heterocycles. The molecule has 0 bridgehead atoms. The third-order valence-corrected chi connectivity index (χ3v) is 3.50. The van der Waals surface area contributed by atoms with Gasteiger partial charge in [0.25, 0.3) is 0 Å². The molecule has 3 rings (SSSR count). The van der Waals surface area contributed by atoms with E-state index in [4.69, 9.17) is 9.72 Å². The summed E-state index contributed by atoms with van der Waals surface area (Å²) in [7, 11) is 1.63. The van der Waals surface area contributed by atoms with E-state index < -0.39 is 0 Å². The van der Waals surface area contributed by atoms with Crippen LogP contribution in [0.2, 0.25) is 0 Å². The first kappa shape index (κ1) is 15.7. The van der Waals surface area contributed by atoms with Gasteiger partial charge in [-0.3, -0.25) is 4.79 Å². The number of amides is 1. The van der Waals surface area contributed by atoms with Gasteiger partial charge in [0.15, 0.2) is 5.82 Å². The minimum Gasteiger partial charge on any atom is -0.497 e. The van der Waals surface area contributed by atoms with E-state index in [1.807, 2.05) is 54.6 Å². The van der Waals surface area contributed by atoms with Gasteiger partial charge >= 0.3 is 0 Å². The van der Waals surface area contributed by atoms with Crippen LogP contribution >= 0.6 is 0 Å². The lowest BCUT2D eigenvalue weighted by Crippen LogP contribution is -2.10. The number of nitrogens with zero attached hydrogens (tertiary/aromatic N) is 2. The highest BCUT2D eigenvalue weighted by Gasteiger charge is 2.12. The largest absolute Gasteiger partial charge is 0.497 e. The lowest BCUT2D eigenvalue weighted by molar-refractivity contribution is -0.114. The van der Waals surface area contributed by atoms with Crippen molar-refractivity contribution in [1.82, 2.24) is 9.97 Å². The predicted octanol–water partition coefficient (Wildman–Crippen LogP) is 3.78. The van der Waals surface area contributed by atoms with Crippen molar-refractivity contribution >= 4 is 11.7 Å². The Bertz CT molecular complexity index is 846. The monoisotopic (exact) mass is 319 g/mol. The molecule has 0 unspecified atom stereocenters. The summed E-state index contributed by atoms with van der Waals surface area (Å²) >= 11 is 0. The summed E-state index contributed by atoms with van der Waals surface area (Å²) in [5.41, 5.74) is 3.18. The minimum atomic E-state index is -0.182. The van der Waals surface area contributed by atoms with Crippen molar-refractivity contribution in [3.63, 3.8) is 0 Å². The summed E-state index contributed by atoms with van der Waals surface area (Å²) in [5.74, 6) is 1.05. The van der Waals surface area contributed by atoms with Crippen molar-refractivity contribution < 1.29 is 9.53 Å². The Morgan fingerprint density at radius 2 is 1.71 bits per heavy atom. The lowest BCUT2D eigenvalue weighted by atomic mass is 10.1. The number of hydrogen-bond acceptors (Lipinski definition) is 4. The molecule has 0 radical (unpaired) electrons. The maximum absolute atomic E-state index is 11.4. The van der Waals surface area contributed by atoms with Crippen molar-refractivity contribution in [1.29, 1.82) is 0 Å². The van der Waals surface area contributed by atoms with E-state index in [0.717, 1.165) is 22.6 Å². The van der Waals surface area contributed by atoms with Crippen molar-refractivity contribution in [2.45, 2.75) is 6.92 Å². The van der Waals surface area contributed by atoms with Crippen molar-refractivity contribution in [3.05, 3.63) is 60.8 Å². The molecule has 0 aliphatic heterocycles. The van der Waals surface area contributed by atoms with Gasteiger partial charge in [0.2, 0.25) is 5.91 Å². The van der Waals surface area contributed by atoms with E-state index in [1.165, 1.54) is 6.92 Å². The van der Waals surface area contributed by atoms with E-state index >= 15 is 0 Å². The lowest BCUT2D eigenvalue weighted by Gasteiger charge is -2.11. The summed E-state index contributed by atoms with van der Waals surface area (Å²) < 4.78 is 5.18. The van der Waals surface area contributed by atoms with E-state index in [2.05, 4.69) is 10.3 Å². The fraction of sp³-hybridized carbons (Fsp3) is 0.105. The molecule has 1 amide bonds. The summed E-state index contributed by atoms with van der Waals surface area (Å²) in [4.78, 5) is 20.5. The third kappa shape index (κ3) is 3.41. The van der Waals surface area contributed by atoms with Gasteiger partial charge in [-0.2, -0.15) is 0 Å². The fourth-order valence-corrected chi connectivity index (χ4v) is 2.35. The average molecular weight is 319 g/mol. The maximum Gasteiger partial charge on any atom is 0.222 e. The SMILES string of the molecule is COc1ccc(-c2cnc(NC(C)=O)c(-c3ccccc3)n2)cc1. The standard InChI is InChI=1S/C19H17N3O2/c1-13(23)21-19-18(15-6-4-3-5-7-15)22-17(12-20-19)14-8-10-16(24-2)11-9-14/h3-12H,1-2H3,(H,20,21,23). The average Bonchev–Trinajstić information content (AvgIpc) is 2.62. The van der Waals surface area contributed by atoms with Gasteiger partial charge in [-0.25, -0.2) is 9.97 Å². The van der Waals surface area contributed by atoms with Crippen LogP contribution in [-0.4, -0.2) is 23.0 Å². The number of aromatic nitrogens is 2. The maximum atomic E-state index is 11.4. The van der Waals surface area contributed by atoms with Crippen LogP contribution in [0.3, 0.4) is 0 Å². The van der Waals surface area contributed by atoms with Gasteiger partial charge in [-0.05, 0) is 24.3 Å². The zero-order chi connectivity index (χ0) is 16.9. The summed E-state index contributed by atoms with van der Waals surface area (Å²) in [6.07, 6.45) is 1.65. The summed E-state index contributed by atoms with van der Waals surface area (Å²) in [5, 5.41) is 2.74. The molecule has 0 aliphatic carbocycles. The molecule has 1 N–H and O–H groups in total. The van der Waals surface area contributed by atoms with Crippen molar-refractivity contribution in [3.8, 4) is 28.3 Å². The second-order valence-corrected chi connectivity index (χ2v) is 5.23. The van der Waals surface area contributed by atoms with E-state index in [-0.39, 0.29) is 5.91 Å². The number of rotatable bonds is 4. The number of hydrogen-bond donors (Lipinski definition) is 1. The molecule has 2 aromatic carbocycles. The molecular formula is C19H17N3O2. The molecule has 0 fully saturated rings. The Balaban J connectivity index is 2.07. The molecule has 0 atom stereocenters. The van der Waals surface area contributed by atoms with E-state index in [1.54, 1.807) is 13.3 Å².